The van der Waals surface area contributed by atoms with Crippen molar-refractivity contribution in [1.29, 1.82) is 0 Å². The predicted molar refractivity (Wildman–Crippen MR) is 59.1 cm³/mol. The molecule has 0 saturated heterocycles. The van der Waals surface area contributed by atoms with E-state index in [1.807, 2.05) is 0 Å². The van der Waals surface area contributed by atoms with Gasteiger partial charge in [0.1, 0.15) is 0 Å². The number of alkyl halides is 8. The summed E-state index contributed by atoms with van der Waals surface area (Å²) in [4.78, 5) is 0. The van der Waals surface area contributed by atoms with Crippen LogP contribution in [0.25, 0.3) is 0 Å². The van der Waals surface area contributed by atoms with Crippen molar-refractivity contribution in [1.82, 2.24) is 0 Å². The van der Waals surface area contributed by atoms with E-state index in [9.17, 15) is 35.1 Å². The second-order valence-electron chi connectivity index (χ2n) is 6.97. The molecule has 22 heavy (non-hydrogen) atoms. The first-order valence-electron chi connectivity index (χ1n) is 7.14. The number of allylic oxidation sites excluding steroid dienone is 2. The van der Waals surface area contributed by atoms with Gasteiger partial charge in [0.25, 0.3) is 11.3 Å². The van der Waals surface area contributed by atoms with Crippen LogP contribution >= 0.6 is 0 Å². The Balaban J connectivity index is 1.90. The molecule has 0 amide bonds. The molecule has 8 unspecified atom stereocenters. The molecular weight excluding hydrogens is 320 g/mol. The molecule has 0 aromatic carbocycles. The fourth-order valence-electron chi connectivity index (χ4n) is 5.85. The standard InChI is InChI=1S/C14H12F8/c15-11(13(17,18)19)7-4-8(12(11,16)14(20,21)22)10-6-2-1-5(3-6)9(7)10/h1-2,5-10H,3-4H2. The van der Waals surface area contributed by atoms with Crippen LogP contribution in [-0.2, 0) is 0 Å². The molecule has 0 nitrogen and oxygen atoms in total. The number of rotatable bonds is 0. The summed E-state index contributed by atoms with van der Waals surface area (Å²) >= 11 is 0. The Hall–Kier alpha value is -0.820. The van der Waals surface area contributed by atoms with Crippen LogP contribution in [-0.4, -0.2) is 23.7 Å². The summed E-state index contributed by atoms with van der Waals surface area (Å²) in [7, 11) is 0. The van der Waals surface area contributed by atoms with Gasteiger partial charge >= 0.3 is 12.4 Å². The van der Waals surface area contributed by atoms with Gasteiger partial charge in [-0.05, 0) is 36.5 Å². The molecule has 3 fully saturated rings. The van der Waals surface area contributed by atoms with Gasteiger partial charge in [0.15, 0.2) is 0 Å². The minimum atomic E-state index is -5.88. The van der Waals surface area contributed by atoms with Gasteiger partial charge in [-0.25, -0.2) is 8.78 Å². The van der Waals surface area contributed by atoms with Crippen LogP contribution in [0.2, 0.25) is 0 Å². The Bertz CT molecular complexity index is 502. The lowest BCUT2D eigenvalue weighted by Crippen LogP contribution is -2.70. The van der Waals surface area contributed by atoms with Crippen LogP contribution in [0.4, 0.5) is 35.1 Å². The second-order valence-corrected chi connectivity index (χ2v) is 6.97. The molecule has 3 saturated carbocycles. The molecule has 4 aliphatic rings. The quantitative estimate of drug-likeness (QED) is 0.345. The first-order valence-corrected chi connectivity index (χ1v) is 7.14. The zero-order valence-corrected chi connectivity index (χ0v) is 11.1. The van der Waals surface area contributed by atoms with E-state index in [1.54, 1.807) is 12.2 Å². The van der Waals surface area contributed by atoms with Crippen LogP contribution < -0.4 is 0 Å². The van der Waals surface area contributed by atoms with Gasteiger partial charge in [0.05, 0.1) is 0 Å². The minimum Gasteiger partial charge on any atom is -0.229 e. The maximum atomic E-state index is 14.8. The Kier molecular flexibility index (Phi) is 2.44. The highest BCUT2D eigenvalue weighted by Crippen LogP contribution is 2.77. The van der Waals surface area contributed by atoms with Crippen molar-refractivity contribution in [2.75, 3.05) is 0 Å². The maximum Gasteiger partial charge on any atom is 0.426 e. The minimum absolute atomic E-state index is 0.361. The lowest BCUT2D eigenvalue weighted by molar-refractivity contribution is -0.365. The third-order valence-electron chi connectivity index (χ3n) is 6.40. The third kappa shape index (κ3) is 1.25. The van der Waals surface area contributed by atoms with Gasteiger partial charge in [-0.1, -0.05) is 12.2 Å². The summed E-state index contributed by atoms with van der Waals surface area (Å²) < 4.78 is 109. The van der Waals surface area contributed by atoms with Crippen LogP contribution in [0.5, 0.6) is 0 Å². The van der Waals surface area contributed by atoms with Gasteiger partial charge in [-0.15, -0.1) is 0 Å². The molecule has 8 heteroatoms. The highest BCUT2D eigenvalue weighted by molar-refractivity contribution is 5.32. The third-order valence-corrected chi connectivity index (χ3v) is 6.40. The van der Waals surface area contributed by atoms with Crippen LogP contribution in [0.1, 0.15) is 12.8 Å². The second kappa shape index (κ2) is 3.64. The van der Waals surface area contributed by atoms with Gasteiger partial charge in [-0.3, -0.25) is 0 Å². The van der Waals surface area contributed by atoms with E-state index < -0.39 is 53.8 Å². The summed E-state index contributed by atoms with van der Waals surface area (Å²) in [6.07, 6.45) is -8.74. The molecule has 0 aromatic rings. The first kappa shape index (κ1) is 14.8. The average Bonchev–Trinajstić information content (AvgIpc) is 3.07. The maximum absolute atomic E-state index is 14.8. The normalized spacial score (nSPS) is 56.0. The fourth-order valence-corrected chi connectivity index (χ4v) is 5.85. The van der Waals surface area contributed by atoms with E-state index in [2.05, 4.69) is 0 Å². The van der Waals surface area contributed by atoms with Crippen LogP contribution in [0, 0.1) is 35.5 Å². The van der Waals surface area contributed by atoms with Crippen molar-refractivity contribution in [2.24, 2.45) is 35.5 Å². The molecule has 0 aromatic heterocycles. The number of hydrogen-bond donors (Lipinski definition) is 0. The van der Waals surface area contributed by atoms with Crippen molar-refractivity contribution >= 4 is 0 Å². The Morgan fingerprint density at radius 3 is 1.36 bits per heavy atom. The Morgan fingerprint density at radius 1 is 0.682 bits per heavy atom. The summed E-state index contributed by atoms with van der Waals surface area (Å²) in [5, 5.41) is 0. The lowest BCUT2D eigenvalue weighted by Gasteiger charge is -2.49. The van der Waals surface area contributed by atoms with Crippen molar-refractivity contribution in [3.63, 3.8) is 0 Å². The summed E-state index contributed by atoms with van der Waals surface area (Å²) in [6, 6.07) is 0. The van der Waals surface area contributed by atoms with E-state index in [-0.39, 0.29) is 11.8 Å². The number of fused-ring (bicyclic) bond motifs is 9. The lowest BCUT2D eigenvalue weighted by atomic mass is 9.61. The Labute approximate surface area is 120 Å². The van der Waals surface area contributed by atoms with Crippen LogP contribution in [0.15, 0.2) is 12.2 Å². The molecule has 0 aliphatic heterocycles. The zero-order valence-electron chi connectivity index (χ0n) is 11.1. The number of hydrogen-bond acceptors (Lipinski definition) is 0. The summed E-state index contributed by atoms with van der Waals surface area (Å²) in [6.45, 7) is 0. The smallest absolute Gasteiger partial charge is 0.229 e. The fraction of sp³-hybridized carbons (Fsp3) is 0.857. The Morgan fingerprint density at radius 2 is 1.05 bits per heavy atom. The molecule has 0 heterocycles. The largest absolute Gasteiger partial charge is 0.426 e. The molecule has 124 valence electrons. The van der Waals surface area contributed by atoms with Crippen LogP contribution in [0.3, 0.4) is 0 Å². The summed E-state index contributed by atoms with van der Waals surface area (Å²) in [5.74, 6) is -6.29. The molecular formula is C14H12F8. The average molecular weight is 332 g/mol. The molecule has 8 atom stereocenters. The number of halogens is 8. The topological polar surface area (TPSA) is 0 Å². The SMILES string of the molecule is FC(F)(F)C1(F)C2CC(C3C4C=CC(C4)C32)C1(F)C(F)(F)F. The van der Waals surface area contributed by atoms with Crippen molar-refractivity contribution in [3.8, 4) is 0 Å². The van der Waals surface area contributed by atoms with Gasteiger partial charge in [0, 0.05) is 11.8 Å². The molecule has 4 bridgehead atoms. The van der Waals surface area contributed by atoms with Gasteiger partial charge in [0.2, 0.25) is 0 Å². The molecule has 4 aliphatic carbocycles. The molecule has 0 N–H and O–H groups in total. The van der Waals surface area contributed by atoms with E-state index in [4.69, 9.17) is 0 Å². The highest BCUT2D eigenvalue weighted by atomic mass is 19.4. The summed E-state index contributed by atoms with van der Waals surface area (Å²) in [5.41, 5.74) is -9.69. The van der Waals surface area contributed by atoms with Crippen molar-refractivity contribution < 1.29 is 35.1 Å². The monoisotopic (exact) mass is 332 g/mol. The molecule has 4 rings (SSSR count). The van der Waals surface area contributed by atoms with E-state index in [0.29, 0.717) is 6.42 Å². The van der Waals surface area contributed by atoms with Gasteiger partial charge in [-0.2, -0.15) is 26.3 Å². The van der Waals surface area contributed by atoms with E-state index >= 15 is 0 Å². The molecule has 0 radical (unpaired) electrons. The predicted octanol–water partition coefficient (Wildman–Crippen LogP) is 4.62. The zero-order chi connectivity index (χ0) is 16.3. The first-order chi connectivity index (χ1) is 9.94. The highest BCUT2D eigenvalue weighted by Gasteiger charge is 2.92. The van der Waals surface area contributed by atoms with Gasteiger partial charge < -0.3 is 0 Å². The van der Waals surface area contributed by atoms with Crippen molar-refractivity contribution in [3.05, 3.63) is 12.2 Å². The van der Waals surface area contributed by atoms with E-state index in [1.165, 1.54) is 0 Å². The molecule has 0 spiro atoms. The van der Waals surface area contributed by atoms with Crippen molar-refractivity contribution in [2.45, 2.75) is 36.5 Å². The van der Waals surface area contributed by atoms with E-state index in [0.717, 1.165) is 0 Å².